The van der Waals surface area contributed by atoms with Gasteiger partial charge in [-0.3, -0.25) is 9.59 Å². The van der Waals surface area contributed by atoms with Gasteiger partial charge in [-0.05, 0) is 57.4 Å². The van der Waals surface area contributed by atoms with E-state index in [0.29, 0.717) is 24.8 Å². The molecule has 0 radical (unpaired) electrons. The minimum Gasteiger partial charge on any atom is -0.468 e. The Hall–Kier alpha value is -3.76. The molecule has 33 heavy (non-hydrogen) atoms. The lowest BCUT2D eigenvalue weighted by Crippen LogP contribution is -2.41. The van der Waals surface area contributed by atoms with Gasteiger partial charge in [0, 0.05) is 28.7 Å². The highest BCUT2D eigenvalue weighted by atomic mass is 16.5. The van der Waals surface area contributed by atoms with Crippen LogP contribution in [0.5, 0.6) is 0 Å². The lowest BCUT2D eigenvalue weighted by Gasteiger charge is -2.26. The number of hydrogen-bond acceptors (Lipinski definition) is 4. The monoisotopic (exact) mass is 440 g/mol. The number of allylic oxidation sites excluding steroid dienone is 2. The van der Waals surface area contributed by atoms with Crippen molar-refractivity contribution >= 4 is 11.9 Å². The molecule has 0 saturated carbocycles. The molecular formula is C29H28O4. The van der Waals surface area contributed by atoms with Crippen LogP contribution in [0.25, 0.3) is 0 Å². The van der Waals surface area contributed by atoms with Crippen LogP contribution in [0.3, 0.4) is 0 Å². The molecule has 1 aliphatic rings. The largest absolute Gasteiger partial charge is 0.468 e. The molecular weight excluding hydrogens is 412 g/mol. The first kappa shape index (κ1) is 23.9. The zero-order chi connectivity index (χ0) is 23.8. The van der Waals surface area contributed by atoms with Crippen LogP contribution in [0.4, 0.5) is 0 Å². The average Bonchev–Trinajstić information content (AvgIpc) is 3.02. The van der Waals surface area contributed by atoms with Crippen LogP contribution in [0.15, 0.2) is 59.7 Å². The summed E-state index contributed by atoms with van der Waals surface area (Å²) in [5.41, 5.74) is 4.15. The molecule has 0 unspecified atom stereocenters. The molecule has 0 fully saturated rings. The molecule has 0 saturated heterocycles. The maximum atomic E-state index is 12.8. The number of esters is 2. The van der Waals surface area contributed by atoms with E-state index in [1.54, 1.807) is 0 Å². The lowest BCUT2D eigenvalue weighted by molar-refractivity contribution is -0.169. The first-order chi connectivity index (χ1) is 15.9. The van der Waals surface area contributed by atoms with E-state index in [2.05, 4.69) is 23.7 Å². The normalized spacial score (nSPS) is 14.7. The van der Waals surface area contributed by atoms with Crippen molar-refractivity contribution in [3.63, 3.8) is 0 Å². The van der Waals surface area contributed by atoms with E-state index >= 15 is 0 Å². The topological polar surface area (TPSA) is 52.6 Å². The van der Waals surface area contributed by atoms with Crippen LogP contribution >= 0.6 is 0 Å². The van der Waals surface area contributed by atoms with Crippen LogP contribution < -0.4 is 0 Å². The van der Waals surface area contributed by atoms with Gasteiger partial charge in [-0.15, -0.1) is 0 Å². The number of hydrogen-bond donors (Lipinski definition) is 0. The van der Waals surface area contributed by atoms with E-state index in [0.717, 1.165) is 22.3 Å². The van der Waals surface area contributed by atoms with E-state index in [9.17, 15) is 9.59 Å². The molecule has 0 bridgehead atoms. The fourth-order valence-electron chi connectivity index (χ4n) is 3.86. The number of carbonyl (C=O) groups excluding carboxylic acids is 2. The van der Waals surface area contributed by atoms with Crippen molar-refractivity contribution in [1.82, 2.24) is 0 Å². The smallest absolute Gasteiger partial charge is 0.323 e. The number of ether oxygens (including phenoxy) is 2. The molecule has 2 aromatic carbocycles. The van der Waals surface area contributed by atoms with Crippen molar-refractivity contribution in [1.29, 1.82) is 0 Å². The molecule has 3 rings (SSSR count). The van der Waals surface area contributed by atoms with Crippen LogP contribution in [0.2, 0.25) is 0 Å². The summed E-state index contributed by atoms with van der Waals surface area (Å²) in [5.74, 6) is 11.7. The summed E-state index contributed by atoms with van der Waals surface area (Å²) in [6.07, 6.45) is 1.63. The fourth-order valence-corrected chi connectivity index (χ4v) is 3.86. The Bertz CT molecular complexity index is 1160. The quantitative estimate of drug-likeness (QED) is 0.378. The van der Waals surface area contributed by atoms with E-state index in [1.165, 1.54) is 19.8 Å². The lowest BCUT2D eigenvalue weighted by atomic mass is 9.78. The van der Waals surface area contributed by atoms with Crippen molar-refractivity contribution in [2.75, 3.05) is 14.2 Å². The Morgan fingerprint density at radius 2 is 1.18 bits per heavy atom. The zero-order valence-corrected chi connectivity index (χ0v) is 19.6. The summed E-state index contributed by atoms with van der Waals surface area (Å²) in [4.78, 5) is 25.6. The molecule has 0 aliphatic heterocycles. The van der Waals surface area contributed by atoms with Crippen molar-refractivity contribution in [3.05, 3.63) is 81.9 Å². The molecule has 0 atom stereocenters. The van der Waals surface area contributed by atoms with Gasteiger partial charge in [0.1, 0.15) is 0 Å². The Balaban J connectivity index is 2.10. The van der Waals surface area contributed by atoms with E-state index < -0.39 is 17.4 Å². The maximum Gasteiger partial charge on any atom is 0.323 e. The number of aryl methyl sites for hydroxylation is 2. The van der Waals surface area contributed by atoms with Gasteiger partial charge in [0.05, 0.1) is 14.2 Å². The summed E-state index contributed by atoms with van der Waals surface area (Å²) in [6, 6.07) is 15.9. The summed E-state index contributed by atoms with van der Waals surface area (Å²) < 4.78 is 10.1. The van der Waals surface area contributed by atoms with Gasteiger partial charge in [-0.25, -0.2) is 0 Å². The highest BCUT2D eigenvalue weighted by molar-refractivity contribution is 6.00. The standard InChI is InChI=1S/C29H28O4/c1-21-7-11-23(12-8-21)15-17-25-6-5-19-29(27(30)32-3,28(31)33-4)20-26(25)18-16-24-13-9-22(2)10-14-24/h7-14H,5-6,19-20H2,1-4H3. The minimum atomic E-state index is -1.42. The first-order valence-corrected chi connectivity index (χ1v) is 10.9. The minimum absolute atomic E-state index is 0.100. The van der Waals surface area contributed by atoms with Gasteiger partial charge in [0.25, 0.3) is 0 Å². The van der Waals surface area contributed by atoms with Crippen LogP contribution in [0.1, 0.15) is 47.9 Å². The van der Waals surface area contributed by atoms with E-state index in [1.807, 2.05) is 62.4 Å². The Morgan fingerprint density at radius 3 is 1.64 bits per heavy atom. The van der Waals surface area contributed by atoms with Gasteiger partial charge in [-0.1, -0.05) is 59.1 Å². The SMILES string of the molecule is COC(=O)C1(C(=O)OC)CCCC(C#Cc2ccc(C)cc2)=C(C#Cc2ccc(C)cc2)C1. The predicted molar refractivity (Wildman–Crippen MR) is 128 cm³/mol. The molecule has 168 valence electrons. The molecule has 0 amide bonds. The Labute approximate surface area is 196 Å². The highest BCUT2D eigenvalue weighted by Gasteiger charge is 2.49. The summed E-state index contributed by atoms with van der Waals surface area (Å²) in [7, 11) is 2.58. The van der Waals surface area contributed by atoms with Gasteiger partial charge in [0.15, 0.2) is 5.41 Å². The zero-order valence-electron chi connectivity index (χ0n) is 19.6. The van der Waals surface area contributed by atoms with Gasteiger partial charge < -0.3 is 9.47 Å². The second-order valence-corrected chi connectivity index (χ2v) is 8.28. The molecule has 0 spiro atoms. The van der Waals surface area contributed by atoms with Crippen molar-refractivity contribution in [2.45, 2.75) is 39.5 Å². The molecule has 1 aliphatic carbocycles. The van der Waals surface area contributed by atoms with E-state index in [-0.39, 0.29) is 6.42 Å². The summed E-state index contributed by atoms with van der Waals surface area (Å²) in [5, 5.41) is 0. The number of benzene rings is 2. The first-order valence-electron chi connectivity index (χ1n) is 10.9. The molecule has 4 nitrogen and oxygen atoms in total. The summed E-state index contributed by atoms with van der Waals surface area (Å²) in [6.45, 7) is 4.05. The van der Waals surface area contributed by atoms with E-state index in [4.69, 9.17) is 9.47 Å². The summed E-state index contributed by atoms with van der Waals surface area (Å²) >= 11 is 0. The third kappa shape index (κ3) is 5.73. The second kappa shape index (κ2) is 10.7. The third-order valence-corrected chi connectivity index (χ3v) is 5.84. The van der Waals surface area contributed by atoms with Crippen molar-refractivity contribution in [2.24, 2.45) is 5.41 Å². The number of methoxy groups -OCH3 is 2. The van der Waals surface area contributed by atoms with Gasteiger partial charge in [0.2, 0.25) is 0 Å². The Kier molecular flexibility index (Phi) is 7.75. The average molecular weight is 441 g/mol. The molecule has 0 aromatic heterocycles. The Morgan fingerprint density at radius 1 is 0.727 bits per heavy atom. The molecule has 0 heterocycles. The van der Waals surface area contributed by atoms with Crippen LogP contribution in [-0.2, 0) is 19.1 Å². The molecule has 4 heteroatoms. The molecule has 0 N–H and O–H groups in total. The molecule has 2 aromatic rings. The van der Waals surface area contributed by atoms with Gasteiger partial charge >= 0.3 is 11.9 Å². The predicted octanol–water partition coefficient (Wildman–Crippen LogP) is 4.91. The van der Waals surface area contributed by atoms with Crippen molar-refractivity contribution < 1.29 is 19.1 Å². The van der Waals surface area contributed by atoms with Crippen molar-refractivity contribution in [3.8, 4) is 23.7 Å². The van der Waals surface area contributed by atoms with Gasteiger partial charge in [-0.2, -0.15) is 0 Å². The maximum absolute atomic E-state index is 12.8. The van der Waals surface area contributed by atoms with Crippen LogP contribution in [-0.4, -0.2) is 26.2 Å². The number of rotatable bonds is 2. The van der Waals surface area contributed by atoms with Crippen LogP contribution in [0, 0.1) is 42.9 Å². The highest BCUT2D eigenvalue weighted by Crippen LogP contribution is 2.40. The second-order valence-electron chi connectivity index (χ2n) is 8.28. The number of carbonyl (C=O) groups is 2. The fraction of sp³-hybridized carbons (Fsp3) is 0.310. The third-order valence-electron chi connectivity index (χ3n) is 5.84.